The molecule has 1 N–H and O–H groups in total. The first-order valence-electron chi connectivity index (χ1n) is 13.9. The zero-order chi connectivity index (χ0) is 28.8. The standard InChI is InChI=1S/C32H33BrN4O4/c1-3-40-29-17-22(11-16-28(29)41-20-30(38)35-25-13-9-21(2)10-14-25)19-34-37-31(23-7-5-4-6-8-23)36-27-15-12-24(33)18-26(27)32(37)39/h9-19,23H,3-8,20H2,1-2H3,(H,35,38). The lowest BCUT2D eigenvalue weighted by Crippen LogP contribution is -2.25. The van der Waals surface area contributed by atoms with Gasteiger partial charge in [-0.15, -0.1) is 0 Å². The van der Waals surface area contributed by atoms with E-state index in [-0.39, 0.29) is 24.0 Å². The highest BCUT2D eigenvalue weighted by Gasteiger charge is 2.22. The number of carbonyl (C=O) groups is 1. The molecule has 0 aliphatic heterocycles. The van der Waals surface area contributed by atoms with Gasteiger partial charge in [-0.05, 0) is 80.8 Å². The minimum atomic E-state index is -0.271. The molecule has 0 saturated heterocycles. The van der Waals surface area contributed by atoms with Crippen molar-refractivity contribution in [2.45, 2.75) is 51.9 Å². The third kappa shape index (κ3) is 7.03. The van der Waals surface area contributed by atoms with Crippen molar-refractivity contribution in [3.63, 3.8) is 0 Å². The summed E-state index contributed by atoms with van der Waals surface area (Å²) in [7, 11) is 0. The summed E-state index contributed by atoms with van der Waals surface area (Å²) in [4.78, 5) is 30.9. The van der Waals surface area contributed by atoms with Gasteiger partial charge in [-0.25, -0.2) is 4.98 Å². The molecule has 0 unspecified atom stereocenters. The van der Waals surface area contributed by atoms with E-state index in [1.807, 2.05) is 56.3 Å². The molecule has 1 amide bonds. The van der Waals surface area contributed by atoms with Crippen molar-refractivity contribution < 1.29 is 14.3 Å². The average Bonchev–Trinajstić information content (AvgIpc) is 2.98. The summed E-state index contributed by atoms with van der Waals surface area (Å²) in [6, 6.07) is 18.5. The molecule has 1 fully saturated rings. The summed E-state index contributed by atoms with van der Waals surface area (Å²) in [5.74, 6) is 1.54. The Morgan fingerprint density at radius 1 is 1.05 bits per heavy atom. The molecule has 0 bridgehead atoms. The Balaban J connectivity index is 1.39. The van der Waals surface area contributed by atoms with E-state index in [4.69, 9.17) is 14.5 Å². The number of aromatic nitrogens is 2. The lowest BCUT2D eigenvalue weighted by Gasteiger charge is -2.22. The molecular formula is C32H33BrN4O4. The number of nitrogens with zero attached hydrogens (tertiary/aromatic N) is 3. The lowest BCUT2D eigenvalue weighted by atomic mass is 9.88. The lowest BCUT2D eigenvalue weighted by molar-refractivity contribution is -0.118. The topological polar surface area (TPSA) is 94.8 Å². The van der Waals surface area contributed by atoms with Crippen molar-refractivity contribution in [2.75, 3.05) is 18.5 Å². The number of amides is 1. The third-order valence-electron chi connectivity index (χ3n) is 7.09. The van der Waals surface area contributed by atoms with Crippen molar-refractivity contribution in [1.82, 2.24) is 9.66 Å². The number of nitrogens with one attached hydrogen (secondary N) is 1. The Bertz CT molecular complexity index is 1630. The molecule has 4 aromatic rings. The number of fused-ring (bicyclic) bond motifs is 1. The first-order chi connectivity index (χ1) is 19.9. The number of benzene rings is 3. The predicted octanol–water partition coefficient (Wildman–Crippen LogP) is 6.81. The third-order valence-corrected chi connectivity index (χ3v) is 7.58. The first-order valence-corrected chi connectivity index (χ1v) is 14.7. The van der Waals surface area contributed by atoms with Crippen LogP contribution in [-0.2, 0) is 4.79 Å². The number of hydrogen-bond acceptors (Lipinski definition) is 6. The minimum Gasteiger partial charge on any atom is -0.490 e. The van der Waals surface area contributed by atoms with Gasteiger partial charge in [-0.2, -0.15) is 9.78 Å². The van der Waals surface area contributed by atoms with Gasteiger partial charge in [-0.3, -0.25) is 9.59 Å². The van der Waals surface area contributed by atoms with Gasteiger partial charge in [0.25, 0.3) is 11.5 Å². The van der Waals surface area contributed by atoms with Crippen molar-refractivity contribution >= 4 is 44.6 Å². The molecule has 1 aliphatic carbocycles. The largest absolute Gasteiger partial charge is 0.490 e. The van der Waals surface area contributed by atoms with Crippen molar-refractivity contribution in [3.8, 4) is 11.5 Å². The molecule has 3 aromatic carbocycles. The number of carbonyl (C=O) groups excluding carboxylic acids is 1. The van der Waals surface area contributed by atoms with E-state index in [2.05, 4.69) is 26.3 Å². The molecule has 0 radical (unpaired) electrons. The van der Waals surface area contributed by atoms with E-state index in [9.17, 15) is 9.59 Å². The Labute approximate surface area is 247 Å². The predicted molar refractivity (Wildman–Crippen MR) is 165 cm³/mol. The highest BCUT2D eigenvalue weighted by molar-refractivity contribution is 9.10. The van der Waals surface area contributed by atoms with Crippen LogP contribution >= 0.6 is 15.9 Å². The van der Waals surface area contributed by atoms with E-state index in [1.54, 1.807) is 24.4 Å². The summed E-state index contributed by atoms with van der Waals surface area (Å²) in [6.07, 6.45) is 7.04. The van der Waals surface area contributed by atoms with Crippen LogP contribution in [0.4, 0.5) is 5.69 Å². The molecule has 1 aromatic heterocycles. The van der Waals surface area contributed by atoms with Crippen LogP contribution in [0.3, 0.4) is 0 Å². The molecule has 0 spiro atoms. The Kier molecular flexibility index (Phi) is 9.14. The van der Waals surface area contributed by atoms with Gasteiger partial charge in [0, 0.05) is 16.1 Å². The molecule has 1 aliphatic rings. The fraction of sp³-hybridized carbons (Fsp3) is 0.312. The summed E-state index contributed by atoms with van der Waals surface area (Å²) in [5.41, 5.74) is 3.03. The maximum atomic E-state index is 13.6. The first kappa shape index (κ1) is 28.5. The highest BCUT2D eigenvalue weighted by Crippen LogP contribution is 2.32. The van der Waals surface area contributed by atoms with Crippen molar-refractivity contribution in [2.24, 2.45) is 5.10 Å². The van der Waals surface area contributed by atoms with Crippen LogP contribution in [0.5, 0.6) is 11.5 Å². The van der Waals surface area contributed by atoms with Crippen LogP contribution in [0.15, 0.2) is 75.0 Å². The van der Waals surface area contributed by atoms with Gasteiger partial charge in [0.2, 0.25) is 0 Å². The molecule has 212 valence electrons. The second-order valence-electron chi connectivity index (χ2n) is 10.2. The molecule has 41 heavy (non-hydrogen) atoms. The van der Waals surface area contributed by atoms with Crippen LogP contribution < -0.4 is 20.3 Å². The Morgan fingerprint density at radius 2 is 1.83 bits per heavy atom. The smallest absolute Gasteiger partial charge is 0.282 e. The molecule has 0 atom stereocenters. The SMILES string of the molecule is CCOc1cc(C=Nn2c(C3CCCCC3)nc3ccc(Br)cc3c2=O)ccc1OCC(=O)Nc1ccc(C)cc1. The van der Waals surface area contributed by atoms with Crippen LogP contribution in [0.1, 0.15) is 61.9 Å². The fourth-order valence-corrected chi connectivity index (χ4v) is 5.36. The van der Waals surface area contributed by atoms with Crippen LogP contribution in [-0.4, -0.2) is 35.0 Å². The molecule has 1 saturated carbocycles. The molecule has 1 heterocycles. The molecular weight excluding hydrogens is 584 g/mol. The minimum absolute atomic E-state index is 0.167. The normalized spacial score (nSPS) is 13.9. The quantitative estimate of drug-likeness (QED) is 0.208. The maximum Gasteiger partial charge on any atom is 0.282 e. The average molecular weight is 618 g/mol. The molecule has 5 rings (SSSR count). The number of rotatable bonds is 9. The van der Waals surface area contributed by atoms with E-state index in [0.29, 0.717) is 40.5 Å². The second-order valence-corrected chi connectivity index (χ2v) is 11.1. The van der Waals surface area contributed by atoms with Gasteiger partial charge in [0.05, 0.1) is 23.7 Å². The fourth-order valence-electron chi connectivity index (χ4n) is 5.00. The van der Waals surface area contributed by atoms with Crippen molar-refractivity contribution in [3.05, 3.63) is 92.4 Å². The summed E-state index contributed by atoms with van der Waals surface area (Å²) in [5, 5.41) is 7.97. The number of halogens is 1. The van der Waals surface area contributed by atoms with E-state index >= 15 is 0 Å². The Hall–Kier alpha value is -3.98. The second kappa shape index (κ2) is 13.1. The molecule has 8 nitrogen and oxygen atoms in total. The molecule has 9 heteroatoms. The van der Waals surface area contributed by atoms with Gasteiger partial charge in [0.15, 0.2) is 18.1 Å². The number of hydrogen-bond donors (Lipinski definition) is 1. The van der Waals surface area contributed by atoms with E-state index in [0.717, 1.165) is 41.3 Å². The van der Waals surface area contributed by atoms with Gasteiger partial charge < -0.3 is 14.8 Å². The monoisotopic (exact) mass is 616 g/mol. The van der Waals surface area contributed by atoms with E-state index < -0.39 is 0 Å². The van der Waals surface area contributed by atoms with Gasteiger partial charge in [-0.1, -0.05) is 52.9 Å². The zero-order valence-corrected chi connectivity index (χ0v) is 24.8. The maximum absolute atomic E-state index is 13.6. The summed E-state index contributed by atoms with van der Waals surface area (Å²) in [6.45, 7) is 4.12. The van der Waals surface area contributed by atoms with Gasteiger partial charge in [0.1, 0.15) is 5.82 Å². The number of ether oxygens (including phenoxy) is 2. The van der Waals surface area contributed by atoms with Crippen molar-refractivity contribution in [1.29, 1.82) is 0 Å². The van der Waals surface area contributed by atoms with Crippen LogP contribution in [0, 0.1) is 6.92 Å². The highest BCUT2D eigenvalue weighted by atomic mass is 79.9. The van der Waals surface area contributed by atoms with Crippen LogP contribution in [0.2, 0.25) is 0 Å². The van der Waals surface area contributed by atoms with E-state index in [1.165, 1.54) is 11.1 Å². The number of aryl methyl sites for hydroxylation is 1. The Morgan fingerprint density at radius 3 is 2.59 bits per heavy atom. The summed E-state index contributed by atoms with van der Waals surface area (Å²) >= 11 is 3.47. The zero-order valence-electron chi connectivity index (χ0n) is 23.2. The van der Waals surface area contributed by atoms with Crippen LogP contribution in [0.25, 0.3) is 10.9 Å². The van der Waals surface area contributed by atoms with Gasteiger partial charge >= 0.3 is 0 Å². The number of anilines is 1. The summed E-state index contributed by atoms with van der Waals surface area (Å²) < 4.78 is 13.9.